The minimum Gasteiger partial charge on any atom is -0.166 e. The number of benzene rings is 2. The molecule has 0 amide bonds. The molecule has 0 aliphatic heterocycles. The molecule has 0 heterocycles. The van der Waals surface area contributed by atoms with Crippen LogP contribution < -0.4 is 0 Å². The second-order valence-corrected chi connectivity index (χ2v) is 4.97. The summed E-state index contributed by atoms with van der Waals surface area (Å²) >= 11 is 11.7. The smallest absolute Gasteiger partial charge is 0.166 e. The number of halogens is 5. The maximum Gasteiger partial charge on any atom is 0.416 e. The van der Waals surface area contributed by atoms with Crippen LogP contribution in [0.3, 0.4) is 0 Å². The van der Waals surface area contributed by atoms with Gasteiger partial charge in [-0.05, 0) is 47.9 Å². The SMILES string of the molecule is Cc1ccc(C(F)(F)F)cc1-c1ccc(Cl)c(Cl)c1. The lowest BCUT2D eigenvalue weighted by Gasteiger charge is -2.12. The molecule has 2 aromatic rings. The molecule has 2 aromatic carbocycles. The van der Waals surface area contributed by atoms with Crippen LogP contribution in [0.1, 0.15) is 11.1 Å². The van der Waals surface area contributed by atoms with E-state index >= 15 is 0 Å². The fourth-order valence-corrected chi connectivity index (χ4v) is 2.07. The van der Waals surface area contributed by atoms with Gasteiger partial charge in [-0.15, -0.1) is 0 Å². The topological polar surface area (TPSA) is 0 Å². The summed E-state index contributed by atoms with van der Waals surface area (Å²) in [5.41, 5.74) is 1.16. The highest BCUT2D eigenvalue weighted by molar-refractivity contribution is 6.42. The fourth-order valence-electron chi connectivity index (χ4n) is 1.77. The molecular weight excluding hydrogens is 296 g/mol. The van der Waals surface area contributed by atoms with Crippen molar-refractivity contribution in [2.24, 2.45) is 0 Å². The van der Waals surface area contributed by atoms with Crippen LogP contribution in [0.5, 0.6) is 0 Å². The van der Waals surface area contributed by atoms with Crippen LogP contribution in [0, 0.1) is 6.92 Å². The maximum absolute atomic E-state index is 12.7. The van der Waals surface area contributed by atoms with Gasteiger partial charge in [0.15, 0.2) is 0 Å². The molecule has 5 heteroatoms. The van der Waals surface area contributed by atoms with Crippen LogP contribution in [0.2, 0.25) is 10.0 Å². The first-order chi connectivity index (χ1) is 8.79. The van der Waals surface area contributed by atoms with E-state index in [0.29, 0.717) is 21.2 Å². The van der Waals surface area contributed by atoms with Crippen LogP contribution in [0.4, 0.5) is 13.2 Å². The van der Waals surface area contributed by atoms with E-state index in [-0.39, 0.29) is 0 Å². The number of alkyl halides is 3. The monoisotopic (exact) mass is 304 g/mol. The van der Waals surface area contributed by atoms with Gasteiger partial charge in [0, 0.05) is 0 Å². The van der Waals surface area contributed by atoms with Gasteiger partial charge in [0.2, 0.25) is 0 Å². The molecule has 100 valence electrons. The largest absolute Gasteiger partial charge is 0.416 e. The molecule has 0 atom stereocenters. The van der Waals surface area contributed by atoms with Crippen molar-refractivity contribution in [3.05, 3.63) is 57.6 Å². The highest BCUT2D eigenvalue weighted by Crippen LogP contribution is 2.35. The van der Waals surface area contributed by atoms with Crippen LogP contribution in [-0.2, 0) is 6.18 Å². The number of hydrogen-bond acceptors (Lipinski definition) is 0. The van der Waals surface area contributed by atoms with E-state index in [1.54, 1.807) is 25.1 Å². The fraction of sp³-hybridized carbons (Fsp3) is 0.143. The molecule has 0 nitrogen and oxygen atoms in total. The summed E-state index contributed by atoms with van der Waals surface area (Å²) in [4.78, 5) is 0. The maximum atomic E-state index is 12.7. The van der Waals surface area contributed by atoms with Crippen LogP contribution in [0.15, 0.2) is 36.4 Å². The quantitative estimate of drug-likeness (QED) is 0.607. The Bertz CT molecular complexity index is 619. The van der Waals surface area contributed by atoms with Crippen LogP contribution in [0.25, 0.3) is 11.1 Å². The summed E-state index contributed by atoms with van der Waals surface area (Å²) in [5, 5.41) is 0.686. The van der Waals surface area contributed by atoms with Gasteiger partial charge in [0.05, 0.1) is 15.6 Å². The Morgan fingerprint density at radius 1 is 0.895 bits per heavy atom. The van der Waals surface area contributed by atoms with Crippen molar-refractivity contribution in [2.45, 2.75) is 13.1 Å². The first-order valence-corrected chi connectivity index (χ1v) is 6.18. The molecule has 0 fully saturated rings. The third-order valence-corrected chi connectivity index (χ3v) is 3.53. The zero-order chi connectivity index (χ0) is 14.2. The van der Waals surface area contributed by atoms with Gasteiger partial charge in [-0.2, -0.15) is 13.2 Å². The van der Waals surface area contributed by atoms with E-state index in [0.717, 1.165) is 17.7 Å². The first-order valence-electron chi connectivity index (χ1n) is 5.42. The van der Waals surface area contributed by atoms with Crippen molar-refractivity contribution in [2.75, 3.05) is 0 Å². The first kappa shape index (κ1) is 14.2. The van der Waals surface area contributed by atoms with Crippen molar-refractivity contribution >= 4 is 23.2 Å². The Hall–Kier alpha value is -1.19. The van der Waals surface area contributed by atoms with Crippen molar-refractivity contribution < 1.29 is 13.2 Å². The normalized spacial score (nSPS) is 11.7. The Morgan fingerprint density at radius 2 is 1.58 bits per heavy atom. The minimum absolute atomic E-state index is 0.316. The molecule has 19 heavy (non-hydrogen) atoms. The average Bonchev–Trinajstić information content (AvgIpc) is 2.32. The average molecular weight is 305 g/mol. The summed E-state index contributed by atoms with van der Waals surface area (Å²) in [6.45, 7) is 1.75. The molecule has 0 N–H and O–H groups in total. The van der Waals surface area contributed by atoms with E-state index in [2.05, 4.69) is 0 Å². The highest BCUT2D eigenvalue weighted by atomic mass is 35.5. The molecule has 0 saturated heterocycles. The lowest BCUT2D eigenvalue weighted by Crippen LogP contribution is -2.05. The zero-order valence-corrected chi connectivity index (χ0v) is 11.4. The van der Waals surface area contributed by atoms with E-state index in [9.17, 15) is 13.2 Å². The molecule has 0 aliphatic carbocycles. The third-order valence-electron chi connectivity index (χ3n) is 2.80. The predicted octanol–water partition coefficient (Wildman–Crippen LogP) is 5.99. The van der Waals surface area contributed by atoms with Gasteiger partial charge in [0.25, 0.3) is 0 Å². The third kappa shape index (κ3) is 3.04. The Morgan fingerprint density at radius 3 is 2.16 bits per heavy atom. The molecule has 0 saturated carbocycles. The lowest BCUT2D eigenvalue weighted by atomic mass is 9.98. The second kappa shape index (κ2) is 5.06. The van der Waals surface area contributed by atoms with E-state index in [4.69, 9.17) is 23.2 Å². The van der Waals surface area contributed by atoms with Gasteiger partial charge >= 0.3 is 6.18 Å². The number of rotatable bonds is 1. The Labute approximate surface area is 118 Å². The predicted molar refractivity (Wildman–Crippen MR) is 71.6 cm³/mol. The summed E-state index contributed by atoms with van der Waals surface area (Å²) in [5.74, 6) is 0. The molecule has 0 spiro atoms. The molecule has 0 radical (unpaired) electrons. The van der Waals surface area contributed by atoms with Crippen molar-refractivity contribution in [1.82, 2.24) is 0 Å². The summed E-state index contributed by atoms with van der Waals surface area (Å²) in [7, 11) is 0. The van der Waals surface area contributed by atoms with E-state index in [1.807, 2.05) is 0 Å². The van der Waals surface area contributed by atoms with E-state index in [1.165, 1.54) is 6.07 Å². The Balaban J connectivity index is 2.58. The second-order valence-electron chi connectivity index (χ2n) is 4.16. The van der Waals surface area contributed by atoms with Crippen LogP contribution in [-0.4, -0.2) is 0 Å². The van der Waals surface area contributed by atoms with E-state index < -0.39 is 11.7 Å². The summed E-state index contributed by atoms with van der Waals surface area (Å²) < 4.78 is 38.1. The minimum atomic E-state index is -4.36. The summed E-state index contributed by atoms with van der Waals surface area (Å²) in [6.07, 6.45) is -4.36. The molecular formula is C14H9Cl2F3. The number of hydrogen-bond donors (Lipinski definition) is 0. The van der Waals surface area contributed by atoms with Crippen molar-refractivity contribution in [3.8, 4) is 11.1 Å². The van der Waals surface area contributed by atoms with Crippen LogP contribution >= 0.6 is 23.2 Å². The standard InChI is InChI=1S/C14H9Cl2F3/c1-8-2-4-10(14(17,18)19)7-11(8)9-3-5-12(15)13(16)6-9/h2-7H,1H3. The van der Waals surface area contributed by atoms with Gasteiger partial charge in [-0.3, -0.25) is 0 Å². The molecule has 2 rings (SSSR count). The molecule has 0 aromatic heterocycles. The molecule has 0 unspecified atom stereocenters. The van der Waals surface area contributed by atoms with Gasteiger partial charge < -0.3 is 0 Å². The lowest BCUT2D eigenvalue weighted by molar-refractivity contribution is -0.137. The summed E-state index contributed by atoms with van der Waals surface area (Å²) in [6, 6.07) is 8.41. The van der Waals surface area contributed by atoms with Gasteiger partial charge in [-0.25, -0.2) is 0 Å². The number of aryl methyl sites for hydroxylation is 1. The zero-order valence-electron chi connectivity index (χ0n) is 9.85. The van der Waals surface area contributed by atoms with Crippen molar-refractivity contribution in [3.63, 3.8) is 0 Å². The Kier molecular flexibility index (Phi) is 3.79. The van der Waals surface area contributed by atoms with Gasteiger partial charge in [-0.1, -0.05) is 35.3 Å². The van der Waals surface area contributed by atoms with Gasteiger partial charge in [0.1, 0.15) is 0 Å². The van der Waals surface area contributed by atoms with Crippen molar-refractivity contribution in [1.29, 1.82) is 0 Å². The molecule has 0 aliphatic rings. The molecule has 0 bridgehead atoms. The highest BCUT2D eigenvalue weighted by Gasteiger charge is 2.30.